The van der Waals surface area contributed by atoms with Gasteiger partial charge >= 0.3 is 0 Å². The number of primary amides is 1. The first-order chi connectivity index (χ1) is 9.81. The second kappa shape index (κ2) is 7.79. The average molecular weight is 301 g/mol. The van der Waals surface area contributed by atoms with Gasteiger partial charge in [0.15, 0.2) is 0 Å². The van der Waals surface area contributed by atoms with Gasteiger partial charge in [-0.1, -0.05) is 36.0 Å². The number of carbonyl (C=O) groups is 1. The van der Waals surface area contributed by atoms with Crippen LogP contribution in [0, 0.1) is 20.8 Å². The fraction of sp³-hybridized carbons (Fsp3) is 0.278. The summed E-state index contributed by atoms with van der Waals surface area (Å²) in [5.41, 5.74) is 9.77. The van der Waals surface area contributed by atoms with Crippen molar-refractivity contribution in [1.29, 1.82) is 0 Å². The third-order valence-corrected chi connectivity index (χ3v) is 4.36. The van der Waals surface area contributed by atoms with Gasteiger partial charge in [-0.25, -0.2) is 0 Å². The number of hydrogen-bond donors (Lipinski definition) is 1. The fourth-order valence-corrected chi connectivity index (χ4v) is 3.01. The van der Waals surface area contributed by atoms with Crippen LogP contribution in [0.3, 0.4) is 0 Å². The first-order valence-corrected chi connectivity index (χ1v) is 7.70. The molecule has 1 amide bonds. The van der Waals surface area contributed by atoms with Crippen LogP contribution in [0.2, 0.25) is 0 Å². The molecule has 0 saturated heterocycles. The number of carbonyl (C=O) groups excluding carboxylic acids is 1. The van der Waals surface area contributed by atoms with E-state index in [4.69, 9.17) is 5.73 Å². The summed E-state index contributed by atoms with van der Waals surface area (Å²) in [5.74, 6) is -0.420. The maximum Gasteiger partial charge on any atom is 0.241 e. The van der Waals surface area contributed by atoms with Crippen LogP contribution < -0.4 is 5.73 Å². The van der Waals surface area contributed by atoms with Gasteiger partial charge < -0.3 is 5.73 Å². The van der Waals surface area contributed by atoms with Crippen LogP contribution in [0.15, 0.2) is 41.5 Å². The fourth-order valence-electron chi connectivity index (χ4n) is 1.95. The number of amides is 1. The van der Waals surface area contributed by atoms with Gasteiger partial charge in [0, 0.05) is 15.8 Å². The van der Waals surface area contributed by atoms with E-state index in [1.165, 1.54) is 27.0 Å². The van der Waals surface area contributed by atoms with E-state index in [1.54, 1.807) is 0 Å². The number of thiophene rings is 1. The summed E-state index contributed by atoms with van der Waals surface area (Å²) in [7, 11) is 0. The van der Waals surface area contributed by atoms with Gasteiger partial charge in [0.1, 0.15) is 0 Å². The van der Waals surface area contributed by atoms with Crippen molar-refractivity contribution in [2.45, 2.75) is 34.6 Å². The average Bonchev–Trinajstić information content (AvgIpc) is 2.60. The van der Waals surface area contributed by atoms with Crippen molar-refractivity contribution < 1.29 is 4.79 Å². The molecule has 1 aromatic rings. The van der Waals surface area contributed by atoms with Crippen LogP contribution in [-0.4, -0.2) is 5.91 Å². The number of aryl methyl sites for hydroxylation is 2. The van der Waals surface area contributed by atoms with Gasteiger partial charge in [-0.2, -0.15) is 0 Å². The standard InChI is InChI=1S/C18H23NOS/c1-12(7-6-8-13(2)11-18(19)20)9-10-17-14(3)15(4)21-16(17)5/h6-11H,1-5H3,(H2,19,20). The highest BCUT2D eigenvalue weighted by atomic mass is 32.1. The predicted molar refractivity (Wildman–Crippen MR) is 93.4 cm³/mol. The maximum absolute atomic E-state index is 10.7. The van der Waals surface area contributed by atoms with E-state index in [0.29, 0.717) is 0 Å². The topological polar surface area (TPSA) is 43.1 Å². The molecule has 0 aliphatic heterocycles. The Bertz CT molecular complexity index is 642. The quantitative estimate of drug-likeness (QED) is 0.626. The van der Waals surface area contributed by atoms with Crippen LogP contribution >= 0.6 is 11.3 Å². The summed E-state index contributed by atoms with van der Waals surface area (Å²) in [4.78, 5) is 13.4. The number of nitrogens with two attached hydrogens (primary N) is 1. The lowest BCUT2D eigenvalue weighted by Crippen LogP contribution is -2.06. The molecule has 0 spiro atoms. The number of hydrogen-bond acceptors (Lipinski definition) is 2. The summed E-state index contributed by atoms with van der Waals surface area (Å²) in [6.45, 7) is 10.4. The third kappa shape index (κ3) is 5.56. The Kier molecular flexibility index (Phi) is 6.38. The van der Waals surface area contributed by atoms with Gasteiger partial charge in [-0.05, 0) is 51.3 Å². The molecule has 0 atom stereocenters. The molecule has 1 heterocycles. The van der Waals surface area contributed by atoms with Crippen molar-refractivity contribution >= 4 is 23.3 Å². The molecule has 1 aromatic heterocycles. The van der Waals surface area contributed by atoms with E-state index >= 15 is 0 Å². The number of allylic oxidation sites excluding steroid dienone is 6. The summed E-state index contributed by atoms with van der Waals surface area (Å²) in [6.07, 6.45) is 11.5. The Morgan fingerprint density at radius 2 is 1.71 bits per heavy atom. The maximum atomic E-state index is 10.7. The first-order valence-electron chi connectivity index (χ1n) is 6.88. The lowest BCUT2D eigenvalue weighted by atomic mass is 10.1. The molecule has 21 heavy (non-hydrogen) atoms. The smallest absolute Gasteiger partial charge is 0.241 e. The van der Waals surface area contributed by atoms with E-state index < -0.39 is 5.91 Å². The zero-order valence-corrected chi connectivity index (χ0v) is 14.2. The van der Waals surface area contributed by atoms with E-state index in [2.05, 4.69) is 39.8 Å². The molecule has 112 valence electrons. The molecule has 3 heteroatoms. The second-order valence-corrected chi connectivity index (χ2v) is 6.58. The molecular weight excluding hydrogens is 278 g/mol. The van der Waals surface area contributed by atoms with Crippen molar-refractivity contribution in [2.75, 3.05) is 0 Å². The van der Waals surface area contributed by atoms with E-state index in [0.717, 1.165) is 11.1 Å². The van der Waals surface area contributed by atoms with Crippen LogP contribution in [0.1, 0.15) is 34.7 Å². The van der Waals surface area contributed by atoms with Gasteiger partial charge in [0.2, 0.25) is 5.91 Å². The summed E-state index contributed by atoms with van der Waals surface area (Å²) >= 11 is 1.84. The molecule has 0 unspecified atom stereocenters. The summed E-state index contributed by atoms with van der Waals surface area (Å²) in [6, 6.07) is 0. The summed E-state index contributed by atoms with van der Waals surface area (Å²) in [5, 5.41) is 0. The molecule has 0 fully saturated rings. The largest absolute Gasteiger partial charge is 0.366 e. The van der Waals surface area contributed by atoms with Crippen LogP contribution in [0.25, 0.3) is 6.08 Å². The van der Waals surface area contributed by atoms with Gasteiger partial charge in [-0.3, -0.25) is 4.79 Å². The highest BCUT2D eigenvalue weighted by Gasteiger charge is 2.05. The van der Waals surface area contributed by atoms with Gasteiger partial charge in [-0.15, -0.1) is 11.3 Å². The highest BCUT2D eigenvalue weighted by Crippen LogP contribution is 2.27. The van der Waals surface area contributed by atoms with Gasteiger partial charge in [0.25, 0.3) is 0 Å². The van der Waals surface area contributed by atoms with Crippen molar-refractivity contribution in [2.24, 2.45) is 5.73 Å². The lowest BCUT2D eigenvalue weighted by molar-refractivity contribution is -0.113. The Balaban J connectivity index is 2.79. The monoisotopic (exact) mass is 301 g/mol. The molecule has 0 aliphatic rings. The molecule has 2 N–H and O–H groups in total. The van der Waals surface area contributed by atoms with Crippen molar-refractivity contribution in [3.8, 4) is 0 Å². The molecule has 1 rings (SSSR count). The molecule has 2 nitrogen and oxygen atoms in total. The van der Waals surface area contributed by atoms with Crippen molar-refractivity contribution in [1.82, 2.24) is 0 Å². The minimum absolute atomic E-state index is 0.420. The molecule has 0 aliphatic carbocycles. The second-order valence-electron chi connectivity index (χ2n) is 5.15. The van der Waals surface area contributed by atoms with Crippen LogP contribution in [0.5, 0.6) is 0 Å². The predicted octanol–water partition coefficient (Wildman–Crippen LogP) is 4.62. The van der Waals surface area contributed by atoms with Crippen LogP contribution in [0.4, 0.5) is 0 Å². The van der Waals surface area contributed by atoms with E-state index in [9.17, 15) is 4.79 Å². The van der Waals surface area contributed by atoms with E-state index in [1.807, 2.05) is 36.5 Å². The Labute approximate surface area is 131 Å². The first kappa shape index (κ1) is 17.2. The Morgan fingerprint density at radius 1 is 1.05 bits per heavy atom. The zero-order valence-electron chi connectivity index (χ0n) is 13.4. The minimum Gasteiger partial charge on any atom is -0.366 e. The minimum atomic E-state index is -0.420. The summed E-state index contributed by atoms with van der Waals surface area (Å²) < 4.78 is 0. The third-order valence-electron chi connectivity index (χ3n) is 3.22. The molecule has 0 saturated carbocycles. The molecular formula is C18H23NOS. The van der Waals surface area contributed by atoms with E-state index in [-0.39, 0.29) is 0 Å². The highest BCUT2D eigenvalue weighted by molar-refractivity contribution is 7.12. The molecule has 0 bridgehead atoms. The SMILES string of the molecule is CC(C=Cc1c(C)sc(C)c1C)=CC=CC(C)=CC(N)=O. The van der Waals surface area contributed by atoms with Crippen molar-refractivity contribution in [3.05, 3.63) is 62.4 Å². The Morgan fingerprint density at radius 3 is 2.24 bits per heavy atom. The van der Waals surface area contributed by atoms with Gasteiger partial charge in [0.05, 0.1) is 0 Å². The normalized spacial score (nSPS) is 13.6. The zero-order chi connectivity index (χ0) is 16.0. The lowest BCUT2D eigenvalue weighted by Gasteiger charge is -1.95. The molecule has 0 radical (unpaired) electrons. The molecule has 0 aromatic carbocycles. The van der Waals surface area contributed by atoms with Crippen molar-refractivity contribution in [3.63, 3.8) is 0 Å². The Hall–Kier alpha value is -1.87. The number of rotatable bonds is 5. The van der Waals surface area contributed by atoms with Crippen LogP contribution in [-0.2, 0) is 4.79 Å².